The maximum atomic E-state index is 12.2. The van der Waals surface area contributed by atoms with Crippen LogP contribution in [0.15, 0.2) is 18.2 Å². The molecule has 1 aromatic rings. The molecule has 1 aromatic carbocycles. The monoisotopic (exact) mass is 259 g/mol. The second-order valence-electron chi connectivity index (χ2n) is 4.46. The average molecular weight is 259 g/mol. The number of halogens is 3. The van der Waals surface area contributed by atoms with Gasteiger partial charge in [-0.1, -0.05) is 26.3 Å². The predicted octanol–water partition coefficient (Wildman–Crippen LogP) is 4.87. The zero-order valence-electron chi connectivity index (χ0n) is 10.7. The maximum absolute atomic E-state index is 12.2. The largest absolute Gasteiger partial charge is 0.573 e. The summed E-state index contributed by atoms with van der Waals surface area (Å²) in [6.07, 6.45) is -1.95. The Morgan fingerprint density at radius 3 is 2.44 bits per heavy atom. The first-order valence-corrected chi connectivity index (χ1v) is 6.04. The highest BCUT2D eigenvalue weighted by molar-refractivity contribution is 5.36. The molecule has 1 atom stereocenters. The highest BCUT2D eigenvalue weighted by Gasteiger charge is 2.31. The highest BCUT2D eigenvalue weighted by Crippen LogP contribution is 2.28. The minimum Gasteiger partial charge on any atom is -0.406 e. The first-order chi connectivity index (χ1) is 8.31. The molecule has 0 aliphatic heterocycles. The molecule has 101 valence electrons. The summed E-state index contributed by atoms with van der Waals surface area (Å²) in [5, 5.41) is 0. The van der Waals surface area contributed by atoms with Gasteiger partial charge in [-0.2, -0.15) is 0 Å². The lowest BCUT2D eigenvalue weighted by Gasteiger charge is -2.14. The summed E-state index contributed by atoms with van der Waals surface area (Å²) in [6.45, 7) is 7.72. The molecule has 0 spiro atoms. The number of ether oxygens (including phenoxy) is 1. The van der Waals surface area contributed by atoms with Crippen molar-refractivity contribution in [1.29, 1.82) is 0 Å². The summed E-state index contributed by atoms with van der Waals surface area (Å²) in [5.41, 5.74) is 1.63. The number of unbranched alkanes of at least 4 members (excludes halogenated alkanes) is 1. The number of aryl methyl sites for hydroxylation is 1. The van der Waals surface area contributed by atoms with Crippen LogP contribution in [0.1, 0.15) is 43.7 Å². The van der Waals surface area contributed by atoms with Crippen LogP contribution < -0.4 is 4.74 Å². The molecule has 0 aromatic heterocycles. The summed E-state index contributed by atoms with van der Waals surface area (Å²) < 4.78 is 40.6. The van der Waals surface area contributed by atoms with Crippen LogP contribution in [0, 0.1) is 6.92 Å². The van der Waals surface area contributed by atoms with Crippen LogP contribution >= 0.6 is 0 Å². The van der Waals surface area contributed by atoms with Gasteiger partial charge in [0.1, 0.15) is 5.75 Å². The zero-order chi connectivity index (χ0) is 13.8. The van der Waals surface area contributed by atoms with Crippen molar-refractivity contribution in [3.63, 3.8) is 0 Å². The lowest BCUT2D eigenvalue weighted by molar-refractivity contribution is -0.274. The van der Waals surface area contributed by atoms with E-state index in [1.54, 1.807) is 0 Å². The molecule has 1 radical (unpaired) electrons. The van der Waals surface area contributed by atoms with Crippen LogP contribution in [0.2, 0.25) is 0 Å². The zero-order valence-corrected chi connectivity index (χ0v) is 10.7. The third-order valence-corrected chi connectivity index (χ3v) is 2.61. The van der Waals surface area contributed by atoms with Gasteiger partial charge in [0.15, 0.2) is 0 Å². The van der Waals surface area contributed by atoms with Gasteiger partial charge in [-0.25, -0.2) is 0 Å². The molecule has 0 aliphatic carbocycles. The van der Waals surface area contributed by atoms with E-state index in [0.29, 0.717) is 0 Å². The molecule has 4 heteroatoms. The van der Waals surface area contributed by atoms with Gasteiger partial charge in [-0.3, -0.25) is 0 Å². The van der Waals surface area contributed by atoms with Gasteiger partial charge in [0.2, 0.25) is 0 Å². The summed E-state index contributed by atoms with van der Waals surface area (Å²) in [5.74, 6) is -0.219. The Labute approximate surface area is 106 Å². The number of hydrogen-bond donors (Lipinski definition) is 0. The highest BCUT2D eigenvalue weighted by atomic mass is 19.4. The number of rotatable bonds is 5. The van der Waals surface area contributed by atoms with Crippen molar-refractivity contribution in [3.8, 4) is 5.75 Å². The third kappa shape index (κ3) is 4.98. The van der Waals surface area contributed by atoms with Crippen molar-refractivity contribution < 1.29 is 17.9 Å². The maximum Gasteiger partial charge on any atom is 0.573 e. The van der Waals surface area contributed by atoms with E-state index >= 15 is 0 Å². The molecular weight excluding hydrogens is 241 g/mol. The van der Waals surface area contributed by atoms with E-state index in [-0.39, 0.29) is 11.7 Å². The summed E-state index contributed by atoms with van der Waals surface area (Å²) in [4.78, 5) is 0. The molecule has 0 saturated heterocycles. The lowest BCUT2D eigenvalue weighted by Crippen LogP contribution is -2.17. The molecule has 0 saturated carbocycles. The van der Waals surface area contributed by atoms with Gasteiger partial charge in [0, 0.05) is 0 Å². The Balaban J connectivity index is 2.98. The molecule has 0 amide bonds. The van der Waals surface area contributed by atoms with E-state index in [1.165, 1.54) is 12.1 Å². The Hall–Kier alpha value is -1.19. The van der Waals surface area contributed by atoms with E-state index in [0.717, 1.165) is 30.4 Å². The standard InChI is InChI=1S/C14H18F3O/c1-4-5-6-11-7-12(10(2)3)9-13(8-11)18-14(15,16)17/h7-10H,2,4-6H2,1,3H3. The van der Waals surface area contributed by atoms with Crippen molar-refractivity contribution in [2.45, 2.75) is 45.4 Å². The molecule has 1 nitrogen and oxygen atoms in total. The van der Waals surface area contributed by atoms with Gasteiger partial charge in [-0.15, -0.1) is 13.2 Å². The van der Waals surface area contributed by atoms with Gasteiger partial charge < -0.3 is 4.74 Å². The smallest absolute Gasteiger partial charge is 0.406 e. The normalized spacial score (nSPS) is 11.9. The molecule has 0 fully saturated rings. The molecule has 0 heterocycles. The number of benzene rings is 1. The van der Waals surface area contributed by atoms with Crippen molar-refractivity contribution in [1.82, 2.24) is 0 Å². The van der Waals surface area contributed by atoms with Crippen LogP contribution in [-0.2, 0) is 6.42 Å². The fourth-order valence-corrected chi connectivity index (χ4v) is 1.69. The Bertz CT molecular complexity index is 383. The van der Waals surface area contributed by atoms with E-state index in [2.05, 4.69) is 11.7 Å². The topological polar surface area (TPSA) is 9.23 Å². The number of hydrogen-bond acceptors (Lipinski definition) is 1. The Morgan fingerprint density at radius 1 is 1.28 bits per heavy atom. The number of alkyl halides is 3. The minimum atomic E-state index is -4.65. The van der Waals surface area contributed by atoms with Crippen molar-refractivity contribution >= 4 is 0 Å². The van der Waals surface area contributed by atoms with Gasteiger partial charge in [0.25, 0.3) is 0 Å². The Kier molecular flexibility index (Phi) is 5.05. The lowest BCUT2D eigenvalue weighted by atomic mass is 9.98. The van der Waals surface area contributed by atoms with E-state index in [4.69, 9.17) is 0 Å². The van der Waals surface area contributed by atoms with Crippen molar-refractivity contribution in [3.05, 3.63) is 36.2 Å². The molecular formula is C14H18F3O. The van der Waals surface area contributed by atoms with Crippen LogP contribution in [0.3, 0.4) is 0 Å². The molecule has 1 unspecified atom stereocenters. The Morgan fingerprint density at radius 2 is 1.94 bits per heavy atom. The minimum absolute atomic E-state index is 0.0674. The predicted molar refractivity (Wildman–Crippen MR) is 65.5 cm³/mol. The fourth-order valence-electron chi connectivity index (χ4n) is 1.69. The molecule has 0 bridgehead atoms. The van der Waals surface area contributed by atoms with E-state index < -0.39 is 6.36 Å². The van der Waals surface area contributed by atoms with Crippen LogP contribution in [0.4, 0.5) is 13.2 Å². The summed E-state index contributed by atoms with van der Waals surface area (Å²) in [7, 11) is 0. The SMILES string of the molecule is [CH2]C(C)c1cc(CCCC)cc(OC(F)(F)F)c1. The quantitative estimate of drug-likeness (QED) is 0.733. The van der Waals surface area contributed by atoms with Gasteiger partial charge >= 0.3 is 6.36 Å². The molecule has 0 N–H and O–H groups in total. The molecule has 1 rings (SSSR count). The second-order valence-corrected chi connectivity index (χ2v) is 4.46. The first-order valence-electron chi connectivity index (χ1n) is 6.04. The molecule has 0 aliphatic rings. The van der Waals surface area contributed by atoms with Crippen molar-refractivity contribution in [2.24, 2.45) is 0 Å². The van der Waals surface area contributed by atoms with Crippen LogP contribution in [0.25, 0.3) is 0 Å². The fraction of sp³-hybridized carbons (Fsp3) is 0.500. The van der Waals surface area contributed by atoms with E-state index in [1.807, 2.05) is 19.9 Å². The average Bonchev–Trinajstić information content (AvgIpc) is 2.23. The van der Waals surface area contributed by atoms with Crippen LogP contribution in [-0.4, -0.2) is 6.36 Å². The second kappa shape index (κ2) is 6.12. The van der Waals surface area contributed by atoms with Crippen molar-refractivity contribution in [2.75, 3.05) is 0 Å². The first kappa shape index (κ1) is 14.9. The van der Waals surface area contributed by atoms with E-state index in [9.17, 15) is 13.2 Å². The molecule has 18 heavy (non-hydrogen) atoms. The summed E-state index contributed by atoms with van der Waals surface area (Å²) >= 11 is 0. The van der Waals surface area contributed by atoms with Gasteiger partial charge in [-0.05, 0) is 48.9 Å². The summed E-state index contributed by atoms with van der Waals surface area (Å²) in [6, 6.07) is 4.76. The third-order valence-electron chi connectivity index (χ3n) is 2.61. The van der Waals surface area contributed by atoms with Gasteiger partial charge in [0.05, 0.1) is 0 Å². The van der Waals surface area contributed by atoms with Crippen LogP contribution in [0.5, 0.6) is 5.75 Å².